The zero-order valence-corrected chi connectivity index (χ0v) is 13.2. The Kier molecular flexibility index (Phi) is 4.79. The van der Waals surface area contributed by atoms with Crippen molar-refractivity contribution in [3.8, 4) is 0 Å². The van der Waals surface area contributed by atoms with Crippen LogP contribution in [-0.4, -0.2) is 5.91 Å². The summed E-state index contributed by atoms with van der Waals surface area (Å²) in [5, 5.41) is 3.09. The molecule has 0 heterocycles. The van der Waals surface area contributed by atoms with Gasteiger partial charge in [-0.1, -0.05) is 42.5 Å². The lowest BCUT2D eigenvalue weighted by Crippen LogP contribution is -2.28. The molecule has 0 saturated carbocycles. The molecule has 0 aliphatic carbocycles. The van der Waals surface area contributed by atoms with Crippen LogP contribution in [0.1, 0.15) is 40.8 Å². The second-order valence-electron chi connectivity index (χ2n) is 5.74. The zero-order chi connectivity index (χ0) is 15.4. The monoisotopic (exact) mass is 281 g/mol. The number of hydrogen-bond acceptors (Lipinski definition) is 1. The van der Waals surface area contributed by atoms with Crippen LogP contribution in [0.4, 0.5) is 0 Å². The van der Waals surface area contributed by atoms with E-state index in [9.17, 15) is 4.79 Å². The Morgan fingerprint density at radius 2 is 1.62 bits per heavy atom. The van der Waals surface area contributed by atoms with E-state index in [1.807, 2.05) is 37.3 Å². The lowest BCUT2D eigenvalue weighted by molar-refractivity contribution is -0.121. The highest BCUT2D eigenvalue weighted by Crippen LogP contribution is 2.21. The fraction of sp³-hybridized carbons (Fsp3) is 0.316. The Morgan fingerprint density at radius 1 is 1.00 bits per heavy atom. The van der Waals surface area contributed by atoms with Crippen LogP contribution in [0.15, 0.2) is 42.5 Å². The summed E-state index contributed by atoms with van der Waals surface area (Å²) in [5.74, 6) is 0.0614. The highest BCUT2D eigenvalue weighted by atomic mass is 16.1. The SMILES string of the molecule is Cc1cc(C)c([C@@H](C)NC(=O)Cc2ccccc2)cc1C. The highest BCUT2D eigenvalue weighted by Gasteiger charge is 2.13. The Bertz CT molecular complexity index is 632. The second-order valence-corrected chi connectivity index (χ2v) is 5.74. The van der Waals surface area contributed by atoms with Gasteiger partial charge in [-0.3, -0.25) is 4.79 Å². The molecule has 0 fully saturated rings. The van der Waals surface area contributed by atoms with Crippen molar-refractivity contribution in [1.29, 1.82) is 0 Å². The van der Waals surface area contributed by atoms with E-state index in [2.05, 4.69) is 38.2 Å². The first-order chi connectivity index (χ1) is 9.97. The summed E-state index contributed by atoms with van der Waals surface area (Å²) in [4.78, 5) is 12.1. The topological polar surface area (TPSA) is 29.1 Å². The summed E-state index contributed by atoms with van der Waals surface area (Å²) < 4.78 is 0. The third-order valence-corrected chi connectivity index (χ3v) is 3.93. The van der Waals surface area contributed by atoms with Crippen LogP contribution < -0.4 is 5.32 Å². The van der Waals surface area contributed by atoms with Crippen LogP contribution in [0.2, 0.25) is 0 Å². The molecule has 1 atom stereocenters. The molecule has 1 amide bonds. The van der Waals surface area contributed by atoms with Crippen molar-refractivity contribution < 1.29 is 4.79 Å². The minimum absolute atomic E-state index is 0.0283. The van der Waals surface area contributed by atoms with Crippen LogP contribution in [0, 0.1) is 20.8 Å². The summed E-state index contributed by atoms with van der Waals surface area (Å²) in [6.07, 6.45) is 0.426. The molecule has 0 aromatic heterocycles. The van der Waals surface area contributed by atoms with Crippen LogP contribution in [-0.2, 0) is 11.2 Å². The molecular weight excluding hydrogens is 258 g/mol. The van der Waals surface area contributed by atoms with Gasteiger partial charge in [0.2, 0.25) is 5.91 Å². The number of aryl methyl sites for hydroxylation is 3. The minimum atomic E-state index is 0.0283. The van der Waals surface area contributed by atoms with Crippen molar-refractivity contribution >= 4 is 5.91 Å². The first kappa shape index (κ1) is 15.3. The van der Waals surface area contributed by atoms with Crippen molar-refractivity contribution in [3.63, 3.8) is 0 Å². The van der Waals surface area contributed by atoms with Crippen LogP contribution in [0.25, 0.3) is 0 Å². The third-order valence-electron chi connectivity index (χ3n) is 3.93. The van der Waals surface area contributed by atoms with Gasteiger partial charge >= 0.3 is 0 Å². The predicted octanol–water partition coefficient (Wildman–Crippen LogP) is 4.03. The Morgan fingerprint density at radius 3 is 2.29 bits per heavy atom. The molecule has 0 bridgehead atoms. The predicted molar refractivity (Wildman–Crippen MR) is 87.4 cm³/mol. The van der Waals surface area contributed by atoms with E-state index >= 15 is 0 Å². The van der Waals surface area contributed by atoms with Gasteiger partial charge in [0.1, 0.15) is 0 Å². The van der Waals surface area contributed by atoms with E-state index in [0.717, 1.165) is 5.56 Å². The van der Waals surface area contributed by atoms with Gasteiger partial charge < -0.3 is 5.32 Å². The van der Waals surface area contributed by atoms with Crippen LogP contribution >= 0.6 is 0 Å². The fourth-order valence-electron chi connectivity index (χ4n) is 2.60. The van der Waals surface area contributed by atoms with Gasteiger partial charge in [0.05, 0.1) is 12.5 Å². The average Bonchev–Trinajstić information content (AvgIpc) is 2.43. The van der Waals surface area contributed by atoms with E-state index < -0.39 is 0 Å². The Labute approximate surface area is 127 Å². The molecule has 0 aliphatic rings. The maximum atomic E-state index is 12.1. The number of benzene rings is 2. The number of hydrogen-bond donors (Lipinski definition) is 1. The number of carbonyl (C=O) groups excluding carboxylic acids is 1. The number of nitrogens with one attached hydrogen (secondary N) is 1. The molecule has 2 heteroatoms. The average molecular weight is 281 g/mol. The Balaban J connectivity index is 2.06. The highest BCUT2D eigenvalue weighted by molar-refractivity contribution is 5.79. The van der Waals surface area contributed by atoms with Gasteiger partial charge in [0, 0.05) is 0 Å². The maximum Gasteiger partial charge on any atom is 0.224 e. The van der Waals surface area contributed by atoms with E-state index in [-0.39, 0.29) is 11.9 Å². The largest absolute Gasteiger partial charge is 0.349 e. The molecule has 0 saturated heterocycles. The molecule has 110 valence electrons. The van der Waals surface area contributed by atoms with Crippen molar-refractivity contribution in [1.82, 2.24) is 5.32 Å². The smallest absolute Gasteiger partial charge is 0.224 e. The van der Waals surface area contributed by atoms with E-state index in [1.165, 1.54) is 22.3 Å². The summed E-state index contributed by atoms with van der Waals surface area (Å²) >= 11 is 0. The molecule has 0 radical (unpaired) electrons. The van der Waals surface area contributed by atoms with E-state index in [1.54, 1.807) is 0 Å². The minimum Gasteiger partial charge on any atom is -0.349 e. The molecule has 0 aliphatic heterocycles. The number of rotatable bonds is 4. The molecule has 21 heavy (non-hydrogen) atoms. The van der Waals surface area contributed by atoms with Crippen LogP contribution in [0.3, 0.4) is 0 Å². The standard InChI is InChI=1S/C19H23NO/c1-13-10-15(3)18(11-14(13)2)16(4)20-19(21)12-17-8-6-5-7-9-17/h5-11,16H,12H2,1-4H3,(H,20,21)/t16-/m1/s1. The fourth-order valence-corrected chi connectivity index (χ4v) is 2.60. The number of amides is 1. The van der Waals surface area contributed by atoms with E-state index in [4.69, 9.17) is 0 Å². The second kappa shape index (κ2) is 6.57. The van der Waals surface area contributed by atoms with Crippen molar-refractivity contribution in [3.05, 3.63) is 70.3 Å². The lowest BCUT2D eigenvalue weighted by atomic mass is 9.96. The normalized spacial score (nSPS) is 12.0. The van der Waals surface area contributed by atoms with Crippen molar-refractivity contribution in [2.24, 2.45) is 0 Å². The molecular formula is C19H23NO. The molecule has 2 nitrogen and oxygen atoms in total. The molecule has 2 aromatic carbocycles. The molecule has 1 N–H and O–H groups in total. The molecule has 0 unspecified atom stereocenters. The third kappa shape index (κ3) is 3.94. The quantitative estimate of drug-likeness (QED) is 0.900. The van der Waals surface area contributed by atoms with Gasteiger partial charge in [-0.25, -0.2) is 0 Å². The first-order valence-electron chi connectivity index (χ1n) is 7.38. The molecule has 2 rings (SSSR count). The number of carbonyl (C=O) groups is 1. The zero-order valence-electron chi connectivity index (χ0n) is 13.2. The summed E-state index contributed by atoms with van der Waals surface area (Å²) in [6.45, 7) is 8.36. The van der Waals surface area contributed by atoms with Gasteiger partial charge in [0.15, 0.2) is 0 Å². The first-order valence-corrected chi connectivity index (χ1v) is 7.38. The van der Waals surface area contributed by atoms with Crippen LogP contribution in [0.5, 0.6) is 0 Å². The molecule has 0 spiro atoms. The lowest BCUT2D eigenvalue weighted by Gasteiger charge is -2.18. The molecule has 2 aromatic rings. The Hall–Kier alpha value is -2.09. The van der Waals surface area contributed by atoms with Gasteiger partial charge in [-0.15, -0.1) is 0 Å². The van der Waals surface area contributed by atoms with Gasteiger partial charge in [-0.05, 0) is 55.5 Å². The van der Waals surface area contributed by atoms with Crippen molar-refractivity contribution in [2.45, 2.75) is 40.2 Å². The van der Waals surface area contributed by atoms with Gasteiger partial charge in [0.25, 0.3) is 0 Å². The van der Waals surface area contributed by atoms with E-state index in [0.29, 0.717) is 6.42 Å². The van der Waals surface area contributed by atoms with Crippen molar-refractivity contribution in [2.75, 3.05) is 0 Å². The summed E-state index contributed by atoms with van der Waals surface area (Å²) in [5.41, 5.74) is 6.02. The summed E-state index contributed by atoms with van der Waals surface area (Å²) in [7, 11) is 0. The maximum absolute atomic E-state index is 12.1. The van der Waals surface area contributed by atoms with Gasteiger partial charge in [-0.2, -0.15) is 0 Å². The summed E-state index contributed by atoms with van der Waals surface area (Å²) in [6, 6.07) is 14.2.